The molecule has 1 aliphatic rings. The van der Waals surface area contributed by atoms with E-state index < -0.39 is 0 Å². The first kappa shape index (κ1) is 11.3. The lowest BCUT2D eigenvalue weighted by Crippen LogP contribution is -2.19. The van der Waals surface area contributed by atoms with Gasteiger partial charge in [0.05, 0.1) is 11.4 Å². The number of hydrogen-bond acceptors (Lipinski definition) is 2. The largest absolute Gasteiger partial charge is 0.397 e. The van der Waals surface area contributed by atoms with Crippen molar-refractivity contribution in [1.29, 1.82) is 0 Å². The molecule has 0 amide bonds. The molecule has 0 bridgehead atoms. The average molecular weight is 218 g/mol. The molecule has 1 aromatic carbocycles. The molecule has 0 radical (unpaired) electrons. The van der Waals surface area contributed by atoms with E-state index in [1.54, 1.807) is 0 Å². The summed E-state index contributed by atoms with van der Waals surface area (Å²) >= 11 is 0. The highest BCUT2D eigenvalue weighted by atomic mass is 14.9. The molecule has 1 saturated carbocycles. The van der Waals surface area contributed by atoms with Crippen molar-refractivity contribution in [2.75, 3.05) is 11.1 Å². The van der Waals surface area contributed by atoms with Crippen molar-refractivity contribution in [3.05, 3.63) is 24.3 Å². The minimum atomic E-state index is 0.606. The topological polar surface area (TPSA) is 38.0 Å². The fraction of sp³-hybridized carbons (Fsp3) is 0.571. The molecule has 0 spiro atoms. The Bertz CT molecular complexity index is 335. The number of para-hydroxylation sites is 2. The van der Waals surface area contributed by atoms with Crippen LogP contribution in [0.15, 0.2) is 24.3 Å². The van der Waals surface area contributed by atoms with E-state index in [1.165, 1.54) is 32.1 Å². The van der Waals surface area contributed by atoms with Gasteiger partial charge in [-0.1, -0.05) is 31.9 Å². The number of nitrogens with one attached hydrogen (secondary N) is 1. The average Bonchev–Trinajstić information content (AvgIpc) is 2.47. The Morgan fingerprint density at radius 1 is 1.12 bits per heavy atom. The lowest BCUT2D eigenvalue weighted by molar-refractivity contribution is 0.502. The summed E-state index contributed by atoms with van der Waals surface area (Å²) in [4.78, 5) is 0. The molecule has 2 rings (SSSR count). The monoisotopic (exact) mass is 218 g/mol. The number of rotatable bonds is 2. The van der Waals surface area contributed by atoms with Gasteiger partial charge in [0.25, 0.3) is 0 Å². The summed E-state index contributed by atoms with van der Waals surface area (Å²) in [5, 5.41) is 3.58. The third kappa shape index (κ3) is 2.91. The molecule has 1 aromatic rings. The Balaban J connectivity index is 1.96. The first-order valence-electron chi connectivity index (χ1n) is 6.37. The molecular formula is C14H22N2. The third-order valence-electron chi connectivity index (χ3n) is 3.58. The molecule has 1 aliphatic carbocycles. The highest BCUT2D eigenvalue weighted by Crippen LogP contribution is 2.26. The van der Waals surface area contributed by atoms with E-state index in [9.17, 15) is 0 Å². The van der Waals surface area contributed by atoms with Crippen LogP contribution in [0.1, 0.15) is 39.0 Å². The van der Waals surface area contributed by atoms with Crippen molar-refractivity contribution in [3.63, 3.8) is 0 Å². The summed E-state index contributed by atoms with van der Waals surface area (Å²) in [7, 11) is 0. The Morgan fingerprint density at radius 3 is 2.75 bits per heavy atom. The number of hydrogen-bond donors (Lipinski definition) is 2. The second-order valence-electron chi connectivity index (χ2n) is 5.04. The highest BCUT2D eigenvalue weighted by molar-refractivity contribution is 5.65. The van der Waals surface area contributed by atoms with Crippen LogP contribution >= 0.6 is 0 Å². The molecule has 0 aromatic heterocycles. The molecular weight excluding hydrogens is 196 g/mol. The maximum atomic E-state index is 5.94. The lowest BCUT2D eigenvalue weighted by atomic mass is 10.0. The Labute approximate surface area is 98.2 Å². The summed E-state index contributed by atoms with van der Waals surface area (Å²) < 4.78 is 0. The van der Waals surface area contributed by atoms with Gasteiger partial charge < -0.3 is 11.1 Å². The first-order chi connectivity index (χ1) is 7.75. The maximum absolute atomic E-state index is 5.94. The van der Waals surface area contributed by atoms with Crippen LogP contribution in [0.4, 0.5) is 11.4 Å². The molecule has 1 fully saturated rings. The van der Waals surface area contributed by atoms with Gasteiger partial charge in [0, 0.05) is 6.04 Å². The van der Waals surface area contributed by atoms with Crippen LogP contribution in [0.5, 0.6) is 0 Å². The van der Waals surface area contributed by atoms with Crippen LogP contribution in [0, 0.1) is 5.92 Å². The summed E-state index contributed by atoms with van der Waals surface area (Å²) in [5.41, 5.74) is 7.90. The van der Waals surface area contributed by atoms with E-state index in [0.29, 0.717) is 6.04 Å². The zero-order valence-electron chi connectivity index (χ0n) is 10.1. The Hall–Kier alpha value is -1.18. The molecule has 3 N–H and O–H groups in total. The summed E-state index contributed by atoms with van der Waals surface area (Å²) in [6.07, 6.45) is 6.60. The number of nitrogen functional groups attached to an aromatic ring is 1. The zero-order chi connectivity index (χ0) is 11.4. The van der Waals surface area contributed by atoms with Gasteiger partial charge in [0.1, 0.15) is 0 Å². The second-order valence-corrected chi connectivity index (χ2v) is 5.04. The van der Waals surface area contributed by atoms with Crippen LogP contribution in [0.3, 0.4) is 0 Å². The van der Waals surface area contributed by atoms with Gasteiger partial charge in [0.2, 0.25) is 0 Å². The molecule has 88 valence electrons. The smallest absolute Gasteiger partial charge is 0.0576 e. The van der Waals surface area contributed by atoms with Gasteiger partial charge in [-0.25, -0.2) is 0 Å². The summed E-state index contributed by atoms with van der Waals surface area (Å²) in [5.74, 6) is 0.889. The van der Waals surface area contributed by atoms with Crippen LogP contribution in [0.25, 0.3) is 0 Å². The minimum Gasteiger partial charge on any atom is -0.397 e. The highest BCUT2D eigenvalue weighted by Gasteiger charge is 2.16. The molecule has 0 heterocycles. The van der Waals surface area contributed by atoms with E-state index in [2.05, 4.69) is 18.3 Å². The minimum absolute atomic E-state index is 0.606. The molecule has 16 heavy (non-hydrogen) atoms. The van der Waals surface area contributed by atoms with Crippen molar-refractivity contribution in [3.8, 4) is 0 Å². The van der Waals surface area contributed by atoms with Gasteiger partial charge in [-0.15, -0.1) is 0 Å². The van der Waals surface area contributed by atoms with E-state index in [1.807, 2.05) is 18.2 Å². The van der Waals surface area contributed by atoms with Crippen molar-refractivity contribution >= 4 is 11.4 Å². The van der Waals surface area contributed by atoms with Crippen molar-refractivity contribution in [1.82, 2.24) is 0 Å². The number of anilines is 2. The van der Waals surface area contributed by atoms with Crippen LogP contribution in [-0.2, 0) is 0 Å². The molecule has 2 unspecified atom stereocenters. The van der Waals surface area contributed by atoms with Crippen molar-refractivity contribution < 1.29 is 0 Å². The van der Waals surface area contributed by atoms with Gasteiger partial charge in [-0.05, 0) is 37.3 Å². The Morgan fingerprint density at radius 2 is 1.94 bits per heavy atom. The molecule has 2 nitrogen and oxygen atoms in total. The maximum Gasteiger partial charge on any atom is 0.0576 e. The van der Waals surface area contributed by atoms with Gasteiger partial charge in [-0.3, -0.25) is 0 Å². The quantitative estimate of drug-likeness (QED) is 0.587. The van der Waals surface area contributed by atoms with Gasteiger partial charge in [0.15, 0.2) is 0 Å². The van der Waals surface area contributed by atoms with Crippen LogP contribution in [0.2, 0.25) is 0 Å². The van der Waals surface area contributed by atoms with Crippen molar-refractivity contribution in [2.45, 2.75) is 45.1 Å². The number of nitrogens with two attached hydrogens (primary N) is 1. The standard InChI is InChI=1S/C14H22N2/c1-11-5-4-6-12(10-9-11)16-14-8-3-2-7-13(14)15/h2-3,7-8,11-12,16H,4-6,9-10,15H2,1H3. The molecule has 2 heteroatoms. The number of benzene rings is 1. The normalized spacial score (nSPS) is 26.1. The lowest BCUT2D eigenvalue weighted by Gasteiger charge is -2.19. The second kappa shape index (κ2) is 5.24. The fourth-order valence-corrected chi connectivity index (χ4v) is 2.48. The predicted octanol–water partition coefficient (Wildman–Crippen LogP) is 3.65. The summed E-state index contributed by atoms with van der Waals surface area (Å²) in [6, 6.07) is 8.66. The summed E-state index contributed by atoms with van der Waals surface area (Å²) in [6.45, 7) is 2.36. The van der Waals surface area contributed by atoms with Crippen LogP contribution < -0.4 is 11.1 Å². The molecule has 0 aliphatic heterocycles. The zero-order valence-corrected chi connectivity index (χ0v) is 10.1. The first-order valence-corrected chi connectivity index (χ1v) is 6.37. The third-order valence-corrected chi connectivity index (χ3v) is 3.58. The van der Waals surface area contributed by atoms with E-state index in [-0.39, 0.29) is 0 Å². The SMILES string of the molecule is CC1CCCC(Nc2ccccc2N)CC1. The van der Waals surface area contributed by atoms with Crippen LogP contribution in [-0.4, -0.2) is 6.04 Å². The fourth-order valence-electron chi connectivity index (χ4n) is 2.48. The molecule has 0 saturated heterocycles. The Kier molecular flexibility index (Phi) is 3.70. The van der Waals surface area contributed by atoms with E-state index in [4.69, 9.17) is 5.73 Å². The van der Waals surface area contributed by atoms with E-state index >= 15 is 0 Å². The van der Waals surface area contributed by atoms with Gasteiger partial charge in [-0.2, -0.15) is 0 Å². The molecule has 2 atom stereocenters. The van der Waals surface area contributed by atoms with Crippen molar-refractivity contribution in [2.24, 2.45) is 5.92 Å². The predicted molar refractivity (Wildman–Crippen MR) is 70.5 cm³/mol. The van der Waals surface area contributed by atoms with Gasteiger partial charge >= 0.3 is 0 Å². The van der Waals surface area contributed by atoms with E-state index in [0.717, 1.165) is 17.3 Å².